The molecule has 0 radical (unpaired) electrons. The molecule has 268 valence electrons. The maximum atomic E-state index is 2.67. The van der Waals surface area contributed by atoms with E-state index in [1.54, 1.807) is 11.1 Å². The first-order chi connectivity index (χ1) is 25.5. The fourth-order valence-electron chi connectivity index (χ4n) is 13.1. The summed E-state index contributed by atoms with van der Waals surface area (Å²) in [6.45, 7) is 14.7. The highest BCUT2D eigenvalue weighted by molar-refractivity contribution is 7.99. The number of nitrogens with zero attached hydrogens (tertiary/aromatic N) is 1. The van der Waals surface area contributed by atoms with Crippen LogP contribution in [0.1, 0.15) is 120 Å². The van der Waals surface area contributed by atoms with Crippen LogP contribution in [-0.4, -0.2) is 0 Å². The molecule has 1 heterocycles. The van der Waals surface area contributed by atoms with E-state index in [0.29, 0.717) is 0 Å². The molecule has 1 nitrogen and oxygen atoms in total. The van der Waals surface area contributed by atoms with E-state index in [1.165, 1.54) is 105 Å². The van der Waals surface area contributed by atoms with Crippen molar-refractivity contribution in [1.82, 2.24) is 0 Å². The lowest BCUT2D eigenvalue weighted by Gasteiger charge is -2.63. The SMILES string of the molecule is CC1(C)CCC(C)(C)c2cc(N(c3ccc4c(c3)C(C)(C)c3ccccc3-4)c3cccc4c3Sc3ccccc3C43C4CC5CC(C4)CC3C5)ccc21. The second-order valence-corrected chi connectivity index (χ2v) is 20.7. The zero-order valence-corrected chi connectivity index (χ0v) is 33.2. The average molecular weight is 712 g/mol. The van der Waals surface area contributed by atoms with Crippen LogP contribution in [0.15, 0.2) is 113 Å². The quantitative estimate of drug-likeness (QED) is 0.183. The van der Waals surface area contributed by atoms with Crippen molar-refractivity contribution in [2.75, 3.05) is 4.90 Å². The molecule has 4 bridgehead atoms. The van der Waals surface area contributed by atoms with Gasteiger partial charge in [-0.1, -0.05) is 120 Å². The predicted octanol–water partition coefficient (Wildman–Crippen LogP) is 14.0. The van der Waals surface area contributed by atoms with Crippen molar-refractivity contribution in [3.05, 3.63) is 137 Å². The molecule has 12 rings (SSSR count). The summed E-state index contributed by atoms with van der Waals surface area (Å²) in [7, 11) is 0. The van der Waals surface area contributed by atoms with Gasteiger partial charge in [0.25, 0.3) is 0 Å². The summed E-state index contributed by atoms with van der Waals surface area (Å²) in [5.74, 6) is 3.31. The largest absolute Gasteiger partial charge is 0.309 e. The van der Waals surface area contributed by atoms with Crippen molar-refractivity contribution in [2.24, 2.45) is 23.7 Å². The average Bonchev–Trinajstić information content (AvgIpc) is 3.37. The molecule has 0 amide bonds. The van der Waals surface area contributed by atoms with Crippen LogP contribution in [-0.2, 0) is 21.7 Å². The Morgan fingerprint density at radius 3 is 1.83 bits per heavy atom. The summed E-state index contributed by atoms with van der Waals surface area (Å²) in [4.78, 5) is 5.64. The van der Waals surface area contributed by atoms with E-state index in [-0.39, 0.29) is 21.7 Å². The first-order valence-electron chi connectivity index (χ1n) is 20.6. The molecule has 4 saturated carbocycles. The lowest BCUT2D eigenvalue weighted by molar-refractivity contribution is -0.0443. The predicted molar refractivity (Wildman–Crippen MR) is 222 cm³/mol. The normalized spacial score (nSPS) is 28.5. The molecule has 0 unspecified atom stereocenters. The summed E-state index contributed by atoms with van der Waals surface area (Å²) in [6, 6.07) is 41.0. The van der Waals surface area contributed by atoms with Gasteiger partial charge in [-0.15, -0.1) is 0 Å². The van der Waals surface area contributed by atoms with Crippen LogP contribution in [0.3, 0.4) is 0 Å². The zero-order chi connectivity index (χ0) is 36.1. The van der Waals surface area contributed by atoms with E-state index >= 15 is 0 Å². The Bertz CT molecular complexity index is 2310. The van der Waals surface area contributed by atoms with E-state index in [9.17, 15) is 0 Å². The van der Waals surface area contributed by atoms with Crippen LogP contribution in [0, 0.1) is 23.7 Å². The molecule has 5 aromatic rings. The molecule has 1 aliphatic heterocycles. The minimum absolute atomic E-state index is 0.0658. The second kappa shape index (κ2) is 10.9. The molecule has 1 spiro atoms. The molecule has 0 saturated heterocycles. The maximum Gasteiger partial charge on any atom is 0.0604 e. The first-order valence-corrected chi connectivity index (χ1v) is 21.4. The Morgan fingerprint density at radius 2 is 1.09 bits per heavy atom. The standard InChI is InChI=1S/C51H53NS/c1-48(2)22-23-49(3,4)44-30-36(19-21-40(44)48)52(35-18-20-38-37-12-7-8-13-39(37)50(5,6)43(38)29-35)45-16-11-15-42-47(45)53-46-17-10-9-14-41(46)51(42)33-25-31-24-32(27-33)28-34(51)26-31/h7-21,29-34H,22-28H2,1-6H3. The van der Waals surface area contributed by atoms with Gasteiger partial charge in [-0.25, -0.2) is 0 Å². The van der Waals surface area contributed by atoms with Crippen LogP contribution in [0.4, 0.5) is 17.1 Å². The Balaban J connectivity index is 1.16. The highest BCUT2D eigenvalue weighted by atomic mass is 32.2. The number of hydrogen-bond donors (Lipinski definition) is 0. The van der Waals surface area contributed by atoms with Crippen LogP contribution in [0.25, 0.3) is 11.1 Å². The molecule has 4 fully saturated rings. The van der Waals surface area contributed by atoms with Crippen molar-refractivity contribution in [1.29, 1.82) is 0 Å². The monoisotopic (exact) mass is 711 g/mol. The van der Waals surface area contributed by atoms with Gasteiger partial charge in [-0.05, 0) is 160 Å². The van der Waals surface area contributed by atoms with Crippen LogP contribution in [0.5, 0.6) is 0 Å². The summed E-state index contributed by atoms with van der Waals surface area (Å²) in [5, 5.41) is 0. The molecule has 2 heteroatoms. The minimum atomic E-state index is -0.0658. The Kier molecular flexibility index (Phi) is 6.74. The van der Waals surface area contributed by atoms with Crippen molar-refractivity contribution in [2.45, 2.75) is 118 Å². The van der Waals surface area contributed by atoms with Crippen molar-refractivity contribution < 1.29 is 0 Å². The van der Waals surface area contributed by atoms with E-state index in [0.717, 1.165) is 23.7 Å². The summed E-state index contributed by atoms with van der Waals surface area (Å²) < 4.78 is 0. The van der Waals surface area contributed by atoms with E-state index in [2.05, 4.69) is 150 Å². The lowest BCUT2D eigenvalue weighted by Crippen LogP contribution is -2.57. The molecular weight excluding hydrogens is 659 g/mol. The van der Waals surface area contributed by atoms with E-state index < -0.39 is 0 Å². The van der Waals surface area contributed by atoms with E-state index in [1.807, 2.05) is 11.8 Å². The zero-order valence-electron chi connectivity index (χ0n) is 32.4. The second-order valence-electron chi connectivity index (χ2n) is 19.7. The molecule has 0 aromatic heterocycles. The van der Waals surface area contributed by atoms with Gasteiger partial charge in [0.05, 0.1) is 5.69 Å². The molecule has 6 aliphatic carbocycles. The number of rotatable bonds is 3. The van der Waals surface area contributed by atoms with E-state index in [4.69, 9.17) is 0 Å². The van der Waals surface area contributed by atoms with Crippen LogP contribution < -0.4 is 4.90 Å². The number of fused-ring (bicyclic) bond motifs is 6. The van der Waals surface area contributed by atoms with Gasteiger partial charge in [-0.2, -0.15) is 0 Å². The Morgan fingerprint density at radius 1 is 0.509 bits per heavy atom. The minimum Gasteiger partial charge on any atom is -0.309 e. The summed E-state index contributed by atoms with van der Waals surface area (Å²) in [5.41, 5.74) is 16.2. The van der Waals surface area contributed by atoms with Crippen molar-refractivity contribution in [3.8, 4) is 11.1 Å². The molecule has 7 aliphatic rings. The molecule has 5 aromatic carbocycles. The Labute approximate surface area is 321 Å². The van der Waals surface area contributed by atoms with Crippen molar-refractivity contribution >= 4 is 28.8 Å². The van der Waals surface area contributed by atoms with Gasteiger partial charge in [0, 0.05) is 32.0 Å². The van der Waals surface area contributed by atoms with Gasteiger partial charge in [0.2, 0.25) is 0 Å². The van der Waals surface area contributed by atoms with Gasteiger partial charge in [-0.3, -0.25) is 0 Å². The van der Waals surface area contributed by atoms with Gasteiger partial charge >= 0.3 is 0 Å². The first kappa shape index (κ1) is 32.7. The molecule has 53 heavy (non-hydrogen) atoms. The van der Waals surface area contributed by atoms with Gasteiger partial charge in [0.1, 0.15) is 0 Å². The molecule has 0 N–H and O–H groups in total. The lowest BCUT2D eigenvalue weighted by atomic mass is 9.42. The maximum absolute atomic E-state index is 2.67. The third kappa shape index (κ3) is 4.39. The van der Waals surface area contributed by atoms with Gasteiger partial charge in [0.15, 0.2) is 0 Å². The summed E-state index contributed by atoms with van der Waals surface area (Å²) >= 11 is 2.05. The smallest absolute Gasteiger partial charge is 0.0604 e. The number of benzene rings is 5. The topological polar surface area (TPSA) is 3.24 Å². The number of anilines is 3. The third-order valence-corrected chi connectivity index (χ3v) is 16.8. The third-order valence-electron chi connectivity index (χ3n) is 15.6. The highest BCUT2D eigenvalue weighted by Crippen LogP contribution is 2.69. The van der Waals surface area contributed by atoms with Crippen LogP contribution in [0.2, 0.25) is 0 Å². The highest BCUT2D eigenvalue weighted by Gasteiger charge is 2.61. The molecule has 0 atom stereocenters. The van der Waals surface area contributed by atoms with Crippen molar-refractivity contribution in [3.63, 3.8) is 0 Å². The number of hydrogen-bond acceptors (Lipinski definition) is 2. The molecular formula is C51H53NS. The fourth-order valence-corrected chi connectivity index (χ4v) is 14.4. The summed E-state index contributed by atoms with van der Waals surface area (Å²) in [6.07, 6.45) is 9.51. The fraction of sp³-hybridized carbons (Fsp3) is 0.412. The van der Waals surface area contributed by atoms with Crippen LogP contribution >= 0.6 is 11.8 Å². The van der Waals surface area contributed by atoms with Gasteiger partial charge < -0.3 is 4.90 Å². The Hall–Kier alpha value is -3.75.